The second-order valence-electron chi connectivity index (χ2n) is 8.63. The maximum absolute atomic E-state index is 13.4. The molecule has 2 fully saturated rings. The average molecular weight is 478 g/mol. The number of amides is 2. The summed E-state index contributed by atoms with van der Waals surface area (Å²) in [6.45, 7) is 3.16. The molecule has 176 valence electrons. The van der Waals surface area contributed by atoms with E-state index in [9.17, 15) is 26.8 Å². The minimum atomic E-state index is -3.60. The highest BCUT2D eigenvalue weighted by molar-refractivity contribution is 7.89. The Bertz CT molecular complexity index is 1140. The van der Waals surface area contributed by atoms with E-state index in [2.05, 4.69) is 12.2 Å². The summed E-state index contributed by atoms with van der Waals surface area (Å²) in [5.74, 6) is -2.64. The van der Waals surface area contributed by atoms with Crippen LogP contribution in [-0.4, -0.2) is 44.2 Å². The minimum absolute atomic E-state index is 0.0231. The van der Waals surface area contributed by atoms with Crippen molar-refractivity contribution < 1.29 is 26.8 Å². The van der Waals surface area contributed by atoms with E-state index in [1.807, 2.05) is 0 Å². The summed E-state index contributed by atoms with van der Waals surface area (Å²) in [5.41, 5.74) is 0.461. The molecule has 10 heteroatoms. The van der Waals surface area contributed by atoms with Crippen molar-refractivity contribution in [1.82, 2.24) is 4.31 Å². The van der Waals surface area contributed by atoms with Crippen molar-refractivity contribution in [3.63, 3.8) is 0 Å². The molecular formula is C23H25F2N3O4S. The summed E-state index contributed by atoms with van der Waals surface area (Å²) in [7, 11) is -3.60. The van der Waals surface area contributed by atoms with Crippen LogP contribution in [0.25, 0.3) is 0 Å². The van der Waals surface area contributed by atoms with Gasteiger partial charge in [0, 0.05) is 43.5 Å². The van der Waals surface area contributed by atoms with Gasteiger partial charge in [-0.2, -0.15) is 4.31 Å². The van der Waals surface area contributed by atoms with Gasteiger partial charge < -0.3 is 10.2 Å². The van der Waals surface area contributed by atoms with Gasteiger partial charge in [0.1, 0.15) is 11.6 Å². The number of piperidine rings is 1. The van der Waals surface area contributed by atoms with Crippen LogP contribution in [-0.2, 0) is 19.6 Å². The Kier molecular flexibility index (Phi) is 6.49. The fourth-order valence-electron chi connectivity index (χ4n) is 4.18. The molecule has 33 heavy (non-hydrogen) atoms. The van der Waals surface area contributed by atoms with Crippen molar-refractivity contribution in [2.24, 2.45) is 11.8 Å². The number of carbonyl (C=O) groups is 2. The topological polar surface area (TPSA) is 86.8 Å². The summed E-state index contributed by atoms with van der Waals surface area (Å²) in [6.07, 6.45) is 1.59. The molecule has 2 aliphatic rings. The molecule has 0 aliphatic carbocycles. The molecule has 0 saturated carbocycles. The number of nitrogens with zero attached hydrogens (tertiary/aromatic N) is 2. The van der Waals surface area contributed by atoms with Crippen molar-refractivity contribution in [1.29, 1.82) is 0 Å². The van der Waals surface area contributed by atoms with Crippen LogP contribution in [0.15, 0.2) is 47.4 Å². The maximum Gasteiger partial charge on any atom is 0.243 e. The first-order chi connectivity index (χ1) is 15.6. The van der Waals surface area contributed by atoms with Gasteiger partial charge in [-0.1, -0.05) is 6.92 Å². The molecule has 2 saturated heterocycles. The van der Waals surface area contributed by atoms with E-state index in [0.29, 0.717) is 30.8 Å². The van der Waals surface area contributed by atoms with Crippen LogP contribution in [0.3, 0.4) is 0 Å². The Morgan fingerprint density at radius 1 is 1.03 bits per heavy atom. The van der Waals surface area contributed by atoms with Crippen LogP contribution < -0.4 is 10.2 Å². The Balaban J connectivity index is 1.43. The standard InChI is InChI=1S/C23H25F2N3O4S/c1-15-6-8-27(9-7-15)33(31,32)21-4-2-20(3-5-21)28-14-16(10-22(28)29)23(30)26-19-12-17(24)11-18(25)13-19/h2-5,11-13,15-16H,6-10,14H2,1H3,(H,26,30)/t16-/m1/s1. The van der Waals surface area contributed by atoms with Gasteiger partial charge in [-0.3, -0.25) is 9.59 Å². The highest BCUT2D eigenvalue weighted by Crippen LogP contribution is 2.29. The number of anilines is 2. The number of hydrogen-bond acceptors (Lipinski definition) is 4. The average Bonchev–Trinajstić information content (AvgIpc) is 3.15. The summed E-state index contributed by atoms with van der Waals surface area (Å²) >= 11 is 0. The Morgan fingerprint density at radius 3 is 2.24 bits per heavy atom. The zero-order valence-electron chi connectivity index (χ0n) is 18.1. The lowest BCUT2D eigenvalue weighted by atomic mass is 10.0. The van der Waals surface area contributed by atoms with Gasteiger partial charge in [0.25, 0.3) is 0 Å². The molecule has 0 aromatic heterocycles. The normalized spacial score (nSPS) is 20.3. The number of nitrogens with one attached hydrogen (secondary N) is 1. The molecule has 0 unspecified atom stereocenters. The van der Waals surface area contributed by atoms with Crippen LogP contribution in [0, 0.1) is 23.5 Å². The molecule has 0 bridgehead atoms. The van der Waals surface area contributed by atoms with Crippen molar-refractivity contribution in [3.8, 4) is 0 Å². The van der Waals surface area contributed by atoms with Crippen LogP contribution in [0.4, 0.5) is 20.2 Å². The third-order valence-corrected chi connectivity index (χ3v) is 8.07. The quantitative estimate of drug-likeness (QED) is 0.715. The predicted octanol–water partition coefficient (Wildman–Crippen LogP) is 3.38. The third kappa shape index (κ3) is 5.06. The minimum Gasteiger partial charge on any atom is -0.326 e. The lowest BCUT2D eigenvalue weighted by Crippen LogP contribution is -2.37. The van der Waals surface area contributed by atoms with E-state index in [1.54, 1.807) is 12.1 Å². The Morgan fingerprint density at radius 2 is 1.64 bits per heavy atom. The lowest BCUT2D eigenvalue weighted by molar-refractivity contribution is -0.122. The van der Waals surface area contributed by atoms with Crippen LogP contribution in [0.2, 0.25) is 0 Å². The maximum atomic E-state index is 13.4. The summed E-state index contributed by atoms with van der Waals surface area (Å²) in [6, 6.07) is 8.75. The van der Waals surface area contributed by atoms with Gasteiger partial charge in [-0.15, -0.1) is 0 Å². The molecule has 2 aromatic carbocycles. The fraction of sp³-hybridized carbons (Fsp3) is 0.391. The highest BCUT2D eigenvalue weighted by atomic mass is 32.2. The van der Waals surface area contributed by atoms with Crippen molar-refractivity contribution in [3.05, 3.63) is 54.1 Å². The molecule has 4 rings (SSSR count). The molecule has 2 aliphatic heterocycles. The SMILES string of the molecule is CC1CCN(S(=O)(=O)c2ccc(N3C[C@H](C(=O)Nc4cc(F)cc(F)c4)CC3=O)cc2)CC1. The first-order valence-corrected chi connectivity index (χ1v) is 12.2. The first-order valence-electron chi connectivity index (χ1n) is 10.8. The van der Waals surface area contributed by atoms with Gasteiger partial charge in [0.15, 0.2) is 0 Å². The summed E-state index contributed by atoms with van der Waals surface area (Å²) in [4.78, 5) is 26.6. The first kappa shape index (κ1) is 23.3. The van der Waals surface area contributed by atoms with Gasteiger partial charge in [-0.05, 0) is 55.2 Å². The van der Waals surface area contributed by atoms with E-state index < -0.39 is 33.5 Å². The largest absolute Gasteiger partial charge is 0.326 e. The molecule has 7 nitrogen and oxygen atoms in total. The number of sulfonamides is 1. The van der Waals surface area contributed by atoms with Crippen molar-refractivity contribution in [2.45, 2.75) is 31.1 Å². The zero-order valence-corrected chi connectivity index (χ0v) is 18.9. The monoisotopic (exact) mass is 477 g/mol. The molecule has 1 N–H and O–H groups in total. The molecule has 2 aromatic rings. The van der Waals surface area contributed by atoms with E-state index in [4.69, 9.17) is 0 Å². The van der Waals surface area contributed by atoms with E-state index in [-0.39, 0.29) is 29.5 Å². The van der Waals surface area contributed by atoms with Crippen molar-refractivity contribution >= 4 is 33.2 Å². The molecule has 0 spiro atoms. The van der Waals surface area contributed by atoms with Gasteiger partial charge in [-0.25, -0.2) is 17.2 Å². The third-order valence-electron chi connectivity index (χ3n) is 6.15. The number of carbonyl (C=O) groups excluding carboxylic acids is 2. The Labute approximate surface area is 191 Å². The molecule has 2 amide bonds. The smallest absolute Gasteiger partial charge is 0.243 e. The fourth-order valence-corrected chi connectivity index (χ4v) is 5.65. The van der Waals surface area contributed by atoms with E-state index in [0.717, 1.165) is 25.0 Å². The number of hydrogen-bond donors (Lipinski definition) is 1. The highest BCUT2D eigenvalue weighted by Gasteiger charge is 2.35. The molecular weight excluding hydrogens is 452 g/mol. The van der Waals surface area contributed by atoms with Gasteiger partial charge in [0.05, 0.1) is 10.8 Å². The predicted molar refractivity (Wildman–Crippen MR) is 119 cm³/mol. The lowest BCUT2D eigenvalue weighted by Gasteiger charge is -2.29. The summed E-state index contributed by atoms with van der Waals surface area (Å²) < 4.78 is 54.0. The van der Waals surface area contributed by atoms with Crippen LogP contribution >= 0.6 is 0 Å². The number of benzene rings is 2. The van der Waals surface area contributed by atoms with E-state index in [1.165, 1.54) is 21.3 Å². The van der Waals surface area contributed by atoms with Crippen molar-refractivity contribution in [2.75, 3.05) is 29.9 Å². The summed E-state index contributed by atoms with van der Waals surface area (Å²) in [5, 5.41) is 2.44. The van der Waals surface area contributed by atoms with Gasteiger partial charge >= 0.3 is 0 Å². The molecule has 0 radical (unpaired) electrons. The molecule has 2 heterocycles. The number of rotatable bonds is 5. The zero-order chi connectivity index (χ0) is 23.8. The van der Waals surface area contributed by atoms with Gasteiger partial charge in [0.2, 0.25) is 21.8 Å². The molecule has 1 atom stereocenters. The second-order valence-corrected chi connectivity index (χ2v) is 10.6. The number of halogens is 2. The Hall–Kier alpha value is -2.85. The second kappa shape index (κ2) is 9.18. The van der Waals surface area contributed by atoms with Crippen LogP contribution in [0.1, 0.15) is 26.2 Å². The van der Waals surface area contributed by atoms with E-state index >= 15 is 0 Å². The van der Waals surface area contributed by atoms with Crippen LogP contribution in [0.5, 0.6) is 0 Å².